The molecule has 1 aromatic carbocycles. The number of carbonyl (C=O) groups excluding carboxylic acids is 1. The van der Waals surface area contributed by atoms with Gasteiger partial charge in [-0.15, -0.1) is 0 Å². The molecule has 2 rings (SSSR count). The summed E-state index contributed by atoms with van der Waals surface area (Å²) in [5.74, 6) is 0.852. The molecule has 1 aromatic rings. The molecule has 18 heavy (non-hydrogen) atoms. The second-order valence-corrected chi connectivity index (χ2v) is 5.50. The van der Waals surface area contributed by atoms with E-state index in [4.69, 9.17) is 22.1 Å². The van der Waals surface area contributed by atoms with E-state index < -0.39 is 0 Å². The van der Waals surface area contributed by atoms with E-state index in [0.717, 1.165) is 24.8 Å². The Balaban J connectivity index is 2.04. The molecule has 0 bridgehead atoms. The summed E-state index contributed by atoms with van der Waals surface area (Å²) >= 11 is 5.94. The topological polar surface area (TPSA) is 52.3 Å². The second-order valence-electron chi connectivity index (χ2n) is 5.06. The number of rotatable bonds is 5. The number of Topliss-reactive ketones (excluding diaryl/α,β-unsaturated/α-hetero) is 1. The van der Waals surface area contributed by atoms with Crippen molar-refractivity contribution in [2.24, 2.45) is 5.73 Å². The number of carbonyl (C=O) groups is 1. The van der Waals surface area contributed by atoms with Crippen LogP contribution in [0, 0.1) is 0 Å². The van der Waals surface area contributed by atoms with Crippen LogP contribution in [0.5, 0.6) is 5.75 Å². The lowest BCUT2D eigenvalue weighted by Gasteiger charge is -2.37. The summed E-state index contributed by atoms with van der Waals surface area (Å²) in [4.78, 5) is 12.0. The summed E-state index contributed by atoms with van der Waals surface area (Å²) < 4.78 is 5.23. The van der Waals surface area contributed by atoms with Crippen molar-refractivity contribution in [2.45, 2.75) is 37.6 Å². The predicted molar refractivity (Wildman–Crippen MR) is 72.1 cm³/mol. The van der Waals surface area contributed by atoms with Crippen LogP contribution in [0.2, 0.25) is 5.02 Å². The van der Waals surface area contributed by atoms with Gasteiger partial charge in [-0.1, -0.05) is 11.6 Å². The molecule has 1 saturated carbocycles. The van der Waals surface area contributed by atoms with Gasteiger partial charge >= 0.3 is 0 Å². The Kier molecular flexibility index (Phi) is 3.93. The number of ether oxygens (including phenoxy) is 1. The first-order valence-corrected chi connectivity index (χ1v) is 6.53. The largest absolute Gasteiger partial charge is 0.496 e. The average molecular weight is 268 g/mol. The lowest BCUT2D eigenvalue weighted by atomic mass is 9.74. The van der Waals surface area contributed by atoms with E-state index in [0.29, 0.717) is 23.6 Å². The second kappa shape index (κ2) is 5.29. The fraction of sp³-hybridized carbons (Fsp3) is 0.500. The van der Waals surface area contributed by atoms with Crippen molar-refractivity contribution in [3.8, 4) is 5.75 Å². The van der Waals surface area contributed by atoms with E-state index in [9.17, 15) is 4.79 Å². The zero-order valence-corrected chi connectivity index (χ0v) is 11.3. The molecule has 1 aliphatic rings. The van der Waals surface area contributed by atoms with Gasteiger partial charge in [0.2, 0.25) is 0 Å². The standard InChI is InChI=1S/C14H18ClNO2/c1-18-13-4-3-11(15)7-10(13)8-12(17)9-14(16)5-2-6-14/h3-4,7H,2,5-6,8-9,16H2,1H3. The predicted octanol–water partition coefficient (Wildman–Crippen LogP) is 2.73. The van der Waals surface area contributed by atoms with Crippen LogP contribution in [0.25, 0.3) is 0 Å². The molecule has 0 radical (unpaired) electrons. The van der Waals surface area contributed by atoms with Crippen molar-refractivity contribution in [2.75, 3.05) is 7.11 Å². The maximum atomic E-state index is 12.0. The number of nitrogens with two attached hydrogens (primary N) is 1. The first-order valence-electron chi connectivity index (χ1n) is 6.15. The van der Waals surface area contributed by atoms with Gasteiger partial charge in [0.25, 0.3) is 0 Å². The average Bonchev–Trinajstić information content (AvgIpc) is 2.27. The van der Waals surface area contributed by atoms with Crippen molar-refractivity contribution in [3.05, 3.63) is 28.8 Å². The first kappa shape index (κ1) is 13.4. The summed E-state index contributed by atoms with van der Waals surface area (Å²) in [6.07, 6.45) is 3.81. The van der Waals surface area contributed by atoms with E-state index in [2.05, 4.69) is 0 Å². The number of hydrogen-bond donors (Lipinski definition) is 1. The van der Waals surface area contributed by atoms with Gasteiger partial charge < -0.3 is 10.5 Å². The van der Waals surface area contributed by atoms with Crippen molar-refractivity contribution < 1.29 is 9.53 Å². The summed E-state index contributed by atoms with van der Waals surface area (Å²) in [6.45, 7) is 0. The maximum Gasteiger partial charge on any atom is 0.139 e. The molecular formula is C14H18ClNO2. The molecule has 0 saturated heterocycles. The SMILES string of the molecule is COc1ccc(Cl)cc1CC(=O)CC1(N)CCC1. The molecule has 0 unspecified atom stereocenters. The zero-order valence-electron chi connectivity index (χ0n) is 10.5. The molecule has 1 fully saturated rings. The zero-order chi connectivity index (χ0) is 13.2. The number of benzene rings is 1. The monoisotopic (exact) mass is 267 g/mol. The van der Waals surface area contributed by atoms with Crippen molar-refractivity contribution in [1.82, 2.24) is 0 Å². The molecule has 4 heteroatoms. The molecule has 0 atom stereocenters. The first-order chi connectivity index (χ1) is 8.52. The van der Waals surface area contributed by atoms with Crippen LogP contribution >= 0.6 is 11.6 Å². The van der Waals surface area contributed by atoms with Crippen molar-refractivity contribution in [1.29, 1.82) is 0 Å². The summed E-state index contributed by atoms with van der Waals surface area (Å²) in [6, 6.07) is 5.32. The molecule has 0 heterocycles. The van der Waals surface area contributed by atoms with Gasteiger partial charge in [-0.2, -0.15) is 0 Å². The minimum absolute atomic E-state index is 0.151. The normalized spacial score (nSPS) is 17.1. The highest BCUT2D eigenvalue weighted by Crippen LogP contribution is 2.33. The van der Waals surface area contributed by atoms with E-state index in [-0.39, 0.29) is 11.3 Å². The van der Waals surface area contributed by atoms with E-state index >= 15 is 0 Å². The lowest BCUT2D eigenvalue weighted by Crippen LogP contribution is -2.48. The fourth-order valence-electron chi connectivity index (χ4n) is 2.36. The van der Waals surface area contributed by atoms with Gasteiger partial charge in [0.05, 0.1) is 7.11 Å². The summed E-state index contributed by atoms with van der Waals surface area (Å²) in [5, 5.41) is 0.615. The number of halogens is 1. The van der Waals surface area contributed by atoms with Crippen LogP contribution in [0.1, 0.15) is 31.2 Å². The number of hydrogen-bond acceptors (Lipinski definition) is 3. The van der Waals surface area contributed by atoms with Gasteiger partial charge in [0, 0.05) is 29.0 Å². The van der Waals surface area contributed by atoms with Crippen LogP contribution in [0.4, 0.5) is 0 Å². The molecule has 2 N–H and O–H groups in total. The van der Waals surface area contributed by atoms with E-state index in [1.807, 2.05) is 0 Å². The molecule has 0 aliphatic heterocycles. The van der Waals surface area contributed by atoms with Crippen LogP contribution in [-0.4, -0.2) is 18.4 Å². The summed E-state index contributed by atoms with van der Waals surface area (Å²) in [5.41, 5.74) is 6.65. The highest BCUT2D eigenvalue weighted by Gasteiger charge is 2.34. The smallest absolute Gasteiger partial charge is 0.139 e. The van der Waals surface area contributed by atoms with Crippen LogP contribution in [-0.2, 0) is 11.2 Å². The molecule has 0 amide bonds. The third-order valence-corrected chi connectivity index (χ3v) is 3.76. The third kappa shape index (κ3) is 3.03. The fourth-order valence-corrected chi connectivity index (χ4v) is 2.56. The third-order valence-electron chi connectivity index (χ3n) is 3.53. The van der Waals surface area contributed by atoms with Crippen molar-refractivity contribution >= 4 is 17.4 Å². The Labute approximate surface area is 112 Å². The Hall–Kier alpha value is -1.06. The van der Waals surface area contributed by atoms with Gasteiger partial charge in [0.1, 0.15) is 11.5 Å². The van der Waals surface area contributed by atoms with Crippen LogP contribution < -0.4 is 10.5 Å². The van der Waals surface area contributed by atoms with Gasteiger partial charge in [-0.05, 0) is 37.5 Å². The molecule has 0 aromatic heterocycles. The Morgan fingerprint density at radius 1 is 1.50 bits per heavy atom. The molecule has 98 valence electrons. The molecular weight excluding hydrogens is 250 g/mol. The van der Waals surface area contributed by atoms with Gasteiger partial charge in [0.15, 0.2) is 0 Å². The van der Waals surface area contributed by atoms with Crippen LogP contribution in [0.15, 0.2) is 18.2 Å². The molecule has 0 spiro atoms. The highest BCUT2D eigenvalue weighted by atomic mass is 35.5. The number of ketones is 1. The lowest BCUT2D eigenvalue weighted by molar-refractivity contribution is -0.120. The van der Waals surface area contributed by atoms with E-state index in [1.54, 1.807) is 25.3 Å². The minimum atomic E-state index is -0.261. The Bertz CT molecular complexity index is 455. The number of methoxy groups -OCH3 is 1. The molecule has 1 aliphatic carbocycles. The molecule has 3 nitrogen and oxygen atoms in total. The van der Waals surface area contributed by atoms with E-state index in [1.165, 1.54) is 0 Å². The van der Waals surface area contributed by atoms with Crippen molar-refractivity contribution in [3.63, 3.8) is 0 Å². The Morgan fingerprint density at radius 3 is 2.78 bits per heavy atom. The summed E-state index contributed by atoms with van der Waals surface area (Å²) in [7, 11) is 1.59. The maximum absolute atomic E-state index is 12.0. The minimum Gasteiger partial charge on any atom is -0.496 e. The van der Waals surface area contributed by atoms with Gasteiger partial charge in [-0.3, -0.25) is 4.79 Å². The Morgan fingerprint density at radius 2 is 2.22 bits per heavy atom. The quantitative estimate of drug-likeness (QED) is 0.892. The van der Waals surface area contributed by atoms with Crippen LogP contribution in [0.3, 0.4) is 0 Å². The van der Waals surface area contributed by atoms with Gasteiger partial charge in [-0.25, -0.2) is 0 Å². The highest BCUT2D eigenvalue weighted by molar-refractivity contribution is 6.30.